The first-order chi connectivity index (χ1) is 7.79. The van der Waals surface area contributed by atoms with Gasteiger partial charge in [-0.05, 0) is 27.7 Å². The summed E-state index contributed by atoms with van der Waals surface area (Å²) < 4.78 is 11.0. The molecule has 0 atom stereocenters. The molecule has 0 aromatic carbocycles. The number of hydrogen-bond acceptors (Lipinski definition) is 2. The van der Waals surface area contributed by atoms with E-state index < -0.39 is 6.29 Å². The van der Waals surface area contributed by atoms with Crippen molar-refractivity contribution in [1.29, 1.82) is 0 Å². The van der Waals surface area contributed by atoms with Gasteiger partial charge in [-0.25, -0.2) is 0 Å². The largest absolute Gasteiger partial charge is 0.345 e. The smallest absolute Gasteiger partial charge is 0.196 e. The lowest BCUT2D eigenvalue weighted by Gasteiger charge is -2.23. The second kappa shape index (κ2) is 8.63. The van der Waals surface area contributed by atoms with Crippen molar-refractivity contribution in [3.63, 3.8) is 0 Å². The summed E-state index contributed by atoms with van der Waals surface area (Å²) in [5.74, 6) is 0. The van der Waals surface area contributed by atoms with Gasteiger partial charge in [-0.1, -0.05) is 46.4 Å². The molecule has 17 heavy (non-hydrogen) atoms. The van der Waals surface area contributed by atoms with E-state index in [2.05, 4.69) is 0 Å². The normalized spacial score (nSPS) is 14.9. The highest BCUT2D eigenvalue weighted by molar-refractivity contribution is 6.49. The highest BCUT2D eigenvalue weighted by Crippen LogP contribution is 2.30. The molecule has 0 heterocycles. The third kappa shape index (κ3) is 6.90. The fourth-order valence-electron chi connectivity index (χ4n) is 0.911. The van der Waals surface area contributed by atoms with Crippen molar-refractivity contribution < 1.29 is 9.47 Å². The first-order valence-electron chi connectivity index (χ1n) is 5.11. The monoisotopic (exact) mass is 320 g/mol. The molecule has 0 unspecified atom stereocenters. The van der Waals surface area contributed by atoms with Crippen molar-refractivity contribution in [2.75, 3.05) is 0 Å². The molecular formula is C11H16Cl4O2. The van der Waals surface area contributed by atoms with Crippen molar-refractivity contribution in [3.8, 4) is 0 Å². The van der Waals surface area contributed by atoms with Crippen LogP contribution in [0.15, 0.2) is 20.6 Å². The van der Waals surface area contributed by atoms with Crippen LogP contribution in [0, 0.1) is 0 Å². The summed E-state index contributed by atoms with van der Waals surface area (Å²) in [7, 11) is 0. The molecule has 0 aromatic rings. The van der Waals surface area contributed by atoms with Gasteiger partial charge in [0.15, 0.2) is 6.29 Å². The number of rotatable bonds is 6. The molecular weight excluding hydrogens is 306 g/mol. The summed E-state index contributed by atoms with van der Waals surface area (Å²) >= 11 is 23.2. The minimum Gasteiger partial charge on any atom is -0.345 e. The molecule has 0 rings (SSSR count). The zero-order valence-electron chi connectivity index (χ0n) is 10.1. The van der Waals surface area contributed by atoms with Gasteiger partial charge in [-0.15, -0.1) is 0 Å². The predicted molar refractivity (Wildman–Crippen MR) is 74.8 cm³/mol. The molecule has 0 saturated heterocycles. The summed E-state index contributed by atoms with van der Waals surface area (Å²) in [6, 6.07) is 0. The third-order valence-electron chi connectivity index (χ3n) is 1.51. The Morgan fingerprint density at radius 1 is 0.941 bits per heavy atom. The first kappa shape index (κ1) is 17.6. The van der Waals surface area contributed by atoms with E-state index in [1.165, 1.54) is 0 Å². The van der Waals surface area contributed by atoms with Crippen LogP contribution >= 0.6 is 46.4 Å². The van der Waals surface area contributed by atoms with Gasteiger partial charge in [0.1, 0.15) is 0 Å². The van der Waals surface area contributed by atoms with Gasteiger partial charge < -0.3 is 9.47 Å². The van der Waals surface area contributed by atoms with Crippen LogP contribution in [-0.4, -0.2) is 18.5 Å². The maximum absolute atomic E-state index is 6.07. The molecule has 0 saturated carbocycles. The molecule has 6 heteroatoms. The average molecular weight is 322 g/mol. The van der Waals surface area contributed by atoms with E-state index in [9.17, 15) is 0 Å². The van der Waals surface area contributed by atoms with Gasteiger partial charge >= 0.3 is 0 Å². The average Bonchev–Trinajstić information content (AvgIpc) is 2.23. The van der Waals surface area contributed by atoms with Crippen LogP contribution in [0.2, 0.25) is 0 Å². The van der Waals surface area contributed by atoms with Crippen molar-refractivity contribution in [2.24, 2.45) is 0 Å². The molecule has 0 amide bonds. The summed E-state index contributed by atoms with van der Waals surface area (Å²) in [5.41, 5.74) is 1.13. The van der Waals surface area contributed by atoms with Crippen LogP contribution in [-0.2, 0) is 9.47 Å². The Hall–Kier alpha value is 0.560. The van der Waals surface area contributed by atoms with Gasteiger partial charge in [0.2, 0.25) is 0 Å². The van der Waals surface area contributed by atoms with E-state index in [0.717, 1.165) is 5.54 Å². The van der Waals surface area contributed by atoms with Gasteiger partial charge in [-0.2, -0.15) is 0 Å². The number of hydrogen-bond donors (Lipinski definition) is 0. The lowest BCUT2D eigenvalue weighted by atomic mass is 10.4. The molecule has 0 aliphatic rings. The highest BCUT2D eigenvalue weighted by atomic mass is 35.5. The quantitative estimate of drug-likeness (QED) is 0.496. The Kier molecular flexibility index (Phi) is 8.91. The summed E-state index contributed by atoms with van der Waals surface area (Å²) in [5, 5.41) is 0.439. The fraction of sp³-hybridized carbons (Fsp3) is 0.636. The number of allylic oxidation sites excluding steroid dienone is 2. The number of halogens is 4. The lowest BCUT2D eigenvalue weighted by Crippen LogP contribution is -2.25. The van der Waals surface area contributed by atoms with E-state index in [1.54, 1.807) is 0 Å². The maximum atomic E-state index is 6.07. The predicted octanol–water partition coefficient (Wildman–Crippen LogP) is 5.17. The summed E-state index contributed by atoms with van der Waals surface area (Å²) in [6.07, 6.45) is -0.874. The van der Waals surface area contributed by atoms with Gasteiger partial charge in [0.25, 0.3) is 0 Å². The maximum Gasteiger partial charge on any atom is 0.196 e. The number of ether oxygens (including phenoxy) is 2. The van der Waals surface area contributed by atoms with Crippen molar-refractivity contribution in [2.45, 2.75) is 46.2 Å². The Balaban J connectivity index is 5.02. The fourth-order valence-corrected chi connectivity index (χ4v) is 1.57. The molecule has 0 bridgehead atoms. The minimum absolute atomic E-state index is 0.0595. The minimum atomic E-state index is -0.755. The van der Waals surface area contributed by atoms with E-state index in [4.69, 9.17) is 55.9 Å². The summed E-state index contributed by atoms with van der Waals surface area (Å²) in [6.45, 7) is 7.48. The van der Waals surface area contributed by atoms with Gasteiger partial charge in [0, 0.05) is 5.54 Å². The molecule has 0 aliphatic heterocycles. The molecule has 0 aromatic heterocycles. The zero-order valence-corrected chi connectivity index (χ0v) is 13.2. The van der Waals surface area contributed by atoms with Crippen LogP contribution in [0.1, 0.15) is 27.7 Å². The Morgan fingerprint density at radius 2 is 1.35 bits per heavy atom. The highest BCUT2D eigenvalue weighted by Gasteiger charge is 2.21. The first-order valence-corrected chi connectivity index (χ1v) is 6.69. The zero-order chi connectivity index (χ0) is 13.6. The van der Waals surface area contributed by atoms with Crippen LogP contribution in [0.4, 0.5) is 0 Å². The molecule has 0 spiro atoms. The second-order valence-corrected chi connectivity index (χ2v) is 5.23. The van der Waals surface area contributed by atoms with E-state index >= 15 is 0 Å². The molecule has 2 nitrogen and oxygen atoms in total. The molecule has 0 aliphatic carbocycles. The Morgan fingerprint density at radius 3 is 1.65 bits per heavy atom. The molecule has 0 fully saturated rings. The van der Waals surface area contributed by atoms with Crippen molar-refractivity contribution >= 4 is 46.4 Å². The molecule has 100 valence electrons. The van der Waals surface area contributed by atoms with Crippen LogP contribution in [0.25, 0.3) is 0 Å². The van der Waals surface area contributed by atoms with Gasteiger partial charge in [0.05, 0.1) is 27.3 Å². The SMILES string of the molecule is CC(C)OC(OC(C)C)C(Cl)=C(Cl)C(Cl)=CCl. The van der Waals surface area contributed by atoms with Gasteiger partial charge in [-0.3, -0.25) is 0 Å². The molecule has 0 N–H and O–H groups in total. The Bertz CT molecular complexity index is 288. The third-order valence-corrected chi connectivity index (χ3v) is 3.11. The summed E-state index contributed by atoms with van der Waals surface area (Å²) in [4.78, 5) is 0. The topological polar surface area (TPSA) is 18.5 Å². The van der Waals surface area contributed by atoms with Crippen molar-refractivity contribution in [1.82, 2.24) is 0 Å². The van der Waals surface area contributed by atoms with Crippen LogP contribution in [0.5, 0.6) is 0 Å². The standard InChI is InChI=1S/C11H16Cl4O2/c1-6(2)16-11(17-7(3)4)10(15)9(14)8(13)5-12/h5-7,11H,1-4H3. The second-order valence-electron chi connectivity index (χ2n) is 3.82. The Labute approximate surface area is 122 Å². The van der Waals surface area contributed by atoms with E-state index in [1.807, 2.05) is 27.7 Å². The molecule has 0 radical (unpaired) electrons. The lowest BCUT2D eigenvalue weighted by molar-refractivity contribution is -0.155. The van der Waals surface area contributed by atoms with Crippen LogP contribution in [0.3, 0.4) is 0 Å². The van der Waals surface area contributed by atoms with E-state index in [-0.39, 0.29) is 27.3 Å². The van der Waals surface area contributed by atoms with Crippen molar-refractivity contribution in [3.05, 3.63) is 20.6 Å². The van der Waals surface area contributed by atoms with E-state index in [0.29, 0.717) is 0 Å². The van der Waals surface area contributed by atoms with Crippen LogP contribution < -0.4 is 0 Å².